The monoisotopic (exact) mass is 223 g/mol. The van der Waals surface area contributed by atoms with Crippen LogP contribution in [0.25, 0.3) is 10.9 Å². The Labute approximate surface area is 94.0 Å². The molecule has 2 rings (SSSR count). The minimum Gasteiger partial charge on any atom is -0.316 e. The van der Waals surface area contributed by atoms with E-state index < -0.39 is 0 Å². The Morgan fingerprint density at radius 2 is 2.27 bits per heavy atom. The van der Waals surface area contributed by atoms with Crippen molar-refractivity contribution in [1.29, 1.82) is 0 Å². The first-order chi connectivity index (χ1) is 7.27. The molecule has 0 aliphatic rings. The maximum atomic E-state index is 6.08. The fraction of sp³-hybridized carbons (Fsp3) is 0.364. The molecule has 0 atom stereocenters. The second-order valence-corrected chi connectivity index (χ2v) is 3.81. The highest BCUT2D eigenvalue weighted by Crippen LogP contribution is 2.25. The van der Waals surface area contributed by atoms with Crippen LogP contribution in [0.5, 0.6) is 0 Å². The number of halogens is 1. The Bertz CT molecular complexity index is 476. The van der Waals surface area contributed by atoms with Gasteiger partial charge in [-0.05, 0) is 25.6 Å². The van der Waals surface area contributed by atoms with Crippen LogP contribution in [0, 0.1) is 0 Å². The molecule has 0 bridgehead atoms. The van der Waals surface area contributed by atoms with Gasteiger partial charge < -0.3 is 5.32 Å². The standard InChI is InChI=1S/C11H14ClN3/c1-3-15-10-8(7-13-2)5-4-6-9(10)11(12)14-15/h4-6,13H,3,7H2,1-2H3. The van der Waals surface area contributed by atoms with Gasteiger partial charge in [0.2, 0.25) is 0 Å². The number of para-hydroxylation sites is 1. The topological polar surface area (TPSA) is 29.9 Å². The minimum absolute atomic E-state index is 0.588. The summed E-state index contributed by atoms with van der Waals surface area (Å²) in [5.41, 5.74) is 2.37. The molecule has 2 aromatic rings. The fourth-order valence-electron chi connectivity index (χ4n) is 1.83. The van der Waals surface area contributed by atoms with Crippen molar-refractivity contribution in [2.75, 3.05) is 7.05 Å². The van der Waals surface area contributed by atoms with E-state index in [1.165, 1.54) is 5.56 Å². The summed E-state index contributed by atoms with van der Waals surface area (Å²) in [7, 11) is 1.94. The first kappa shape index (κ1) is 10.5. The Morgan fingerprint density at radius 3 is 2.93 bits per heavy atom. The molecule has 1 N–H and O–H groups in total. The molecule has 0 spiro atoms. The van der Waals surface area contributed by atoms with E-state index in [1.807, 2.05) is 23.9 Å². The van der Waals surface area contributed by atoms with Gasteiger partial charge in [-0.15, -0.1) is 0 Å². The van der Waals surface area contributed by atoms with Gasteiger partial charge in [0.25, 0.3) is 0 Å². The molecule has 0 saturated carbocycles. The van der Waals surface area contributed by atoms with Gasteiger partial charge in [-0.1, -0.05) is 23.7 Å². The second-order valence-electron chi connectivity index (χ2n) is 3.45. The fourth-order valence-corrected chi connectivity index (χ4v) is 2.08. The number of hydrogen-bond donors (Lipinski definition) is 1. The van der Waals surface area contributed by atoms with Crippen LogP contribution < -0.4 is 5.32 Å². The molecule has 1 aromatic carbocycles. The molecule has 15 heavy (non-hydrogen) atoms. The zero-order valence-corrected chi connectivity index (χ0v) is 9.67. The predicted molar refractivity (Wildman–Crippen MR) is 63.2 cm³/mol. The normalized spacial score (nSPS) is 11.1. The molecule has 0 aliphatic carbocycles. The number of rotatable bonds is 3. The van der Waals surface area contributed by atoms with E-state index in [-0.39, 0.29) is 0 Å². The SMILES string of the molecule is CCn1nc(Cl)c2cccc(CNC)c21. The molecule has 0 saturated heterocycles. The van der Waals surface area contributed by atoms with Crippen LogP contribution in [-0.4, -0.2) is 16.8 Å². The van der Waals surface area contributed by atoms with Gasteiger partial charge in [-0.3, -0.25) is 4.68 Å². The molecular weight excluding hydrogens is 210 g/mol. The molecule has 0 unspecified atom stereocenters. The first-order valence-corrected chi connectivity index (χ1v) is 5.44. The number of aromatic nitrogens is 2. The van der Waals surface area contributed by atoms with E-state index >= 15 is 0 Å². The van der Waals surface area contributed by atoms with Crippen LogP contribution in [0.1, 0.15) is 12.5 Å². The smallest absolute Gasteiger partial charge is 0.158 e. The van der Waals surface area contributed by atoms with E-state index in [2.05, 4.69) is 23.4 Å². The second kappa shape index (κ2) is 4.21. The van der Waals surface area contributed by atoms with Crippen molar-refractivity contribution < 1.29 is 0 Å². The van der Waals surface area contributed by atoms with Crippen molar-refractivity contribution in [3.05, 3.63) is 28.9 Å². The highest BCUT2D eigenvalue weighted by atomic mass is 35.5. The van der Waals surface area contributed by atoms with Gasteiger partial charge >= 0.3 is 0 Å². The summed E-state index contributed by atoms with van der Waals surface area (Å²) in [6.45, 7) is 3.74. The number of nitrogens with one attached hydrogen (secondary N) is 1. The molecule has 3 nitrogen and oxygen atoms in total. The molecule has 0 radical (unpaired) electrons. The zero-order valence-electron chi connectivity index (χ0n) is 8.92. The minimum atomic E-state index is 0.588. The van der Waals surface area contributed by atoms with Gasteiger partial charge in [0.15, 0.2) is 5.15 Å². The maximum Gasteiger partial charge on any atom is 0.158 e. The van der Waals surface area contributed by atoms with E-state index in [0.717, 1.165) is 24.0 Å². The number of fused-ring (bicyclic) bond motifs is 1. The number of hydrogen-bond acceptors (Lipinski definition) is 2. The summed E-state index contributed by atoms with van der Waals surface area (Å²) in [4.78, 5) is 0. The zero-order chi connectivity index (χ0) is 10.8. The Morgan fingerprint density at radius 1 is 1.47 bits per heavy atom. The Balaban J connectivity index is 2.70. The number of nitrogens with zero attached hydrogens (tertiary/aromatic N) is 2. The average Bonchev–Trinajstić information content (AvgIpc) is 2.58. The summed E-state index contributed by atoms with van der Waals surface area (Å²) < 4.78 is 1.95. The lowest BCUT2D eigenvalue weighted by Gasteiger charge is -2.05. The van der Waals surface area contributed by atoms with Crippen LogP contribution >= 0.6 is 11.6 Å². The largest absolute Gasteiger partial charge is 0.316 e. The lowest BCUT2D eigenvalue weighted by atomic mass is 10.1. The van der Waals surface area contributed by atoms with Crippen LogP contribution in [0.15, 0.2) is 18.2 Å². The molecule has 0 aliphatic heterocycles. The average molecular weight is 224 g/mol. The molecule has 80 valence electrons. The summed E-state index contributed by atoms with van der Waals surface area (Å²) in [6.07, 6.45) is 0. The maximum absolute atomic E-state index is 6.08. The lowest BCUT2D eigenvalue weighted by Crippen LogP contribution is -2.07. The van der Waals surface area contributed by atoms with Crippen molar-refractivity contribution in [2.45, 2.75) is 20.0 Å². The van der Waals surface area contributed by atoms with Gasteiger partial charge in [0.1, 0.15) is 0 Å². The van der Waals surface area contributed by atoms with E-state index in [1.54, 1.807) is 0 Å². The third-order valence-corrected chi connectivity index (χ3v) is 2.75. The lowest BCUT2D eigenvalue weighted by molar-refractivity contribution is 0.678. The van der Waals surface area contributed by atoms with E-state index in [4.69, 9.17) is 11.6 Å². The molecule has 1 heterocycles. The molecule has 4 heteroatoms. The highest BCUT2D eigenvalue weighted by molar-refractivity contribution is 6.34. The van der Waals surface area contributed by atoms with Crippen LogP contribution in [0.2, 0.25) is 5.15 Å². The van der Waals surface area contributed by atoms with Crippen molar-refractivity contribution in [2.24, 2.45) is 0 Å². The molecule has 0 fully saturated rings. The van der Waals surface area contributed by atoms with Gasteiger partial charge in [-0.25, -0.2) is 0 Å². The summed E-state index contributed by atoms with van der Waals surface area (Å²) in [5, 5.41) is 9.08. The van der Waals surface area contributed by atoms with Crippen molar-refractivity contribution in [3.63, 3.8) is 0 Å². The van der Waals surface area contributed by atoms with Crippen molar-refractivity contribution >= 4 is 22.5 Å². The Kier molecular flexibility index (Phi) is 2.93. The number of aryl methyl sites for hydroxylation is 1. The molecular formula is C11H14ClN3. The summed E-state index contributed by atoms with van der Waals surface area (Å²) >= 11 is 6.08. The molecule has 1 aromatic heterocycles. The van der Waals surface area contributed by atoms with Crippen molar-refractivity contribution in [3.8, 4) is 0 Å². The van der Waals surface area contributed by atoms with Crippen LogP contribution in [-0.2, 0) is 13.1 Å². The van der Waals surface area contributed by atoms with E-state index in [9.17, 15) is 0 Å². The highest BCUT2D eigenvalue weighted by Gasteiger charge is 2.10. The first-order valence-electron chi connectivity index (χ1n) is 5.06. The van der Waals surface area contributed by atoms with Crippen LogP contribution in [0.3, 0.4) is 0 Å². The summed E-state index contributed by atoms with van der Waals surface area (Å²) in [6, 6.07) is 6.13. The van der Waals surface area contributed by atoms with Crippen LogP contribution in [0.4, 0.5) is 0 Å². The summed E-state index contributed by atoms with van der Waals surface area (Å²) in [5.74, 6) is 0. The quantitative estimate of drug-likeness (QED) is 0.866. The van der Waals surface area contributed by atoms with Gasteiger partial charge in [-0.2, -0.15) is 5.10 Å². The third-order valence-electron chi connectivity index (χ3n) is 2.48. The number of benzene rings is 1. The van der Waals surface area contributed by atoms with Crippen molar-refractivity contribution in [1.82, 2.24) is 15.1 Å². The van der Waals surface area contributed by atoms with Gasteiger partial charge in [0, 0.05) is 18.5 Å². The molecule has 0 amide bonds. The van der Waals surface area contributed by atoms with E-state index in [0.29, 0.717) is 5.15 Å². The van der Waals surface area contributed by atoms with Gasteiger partial charge in [0.05, 0.1) is 5.52 Å². The Hall–Kier alpha value is -1.06. The third kappa shape index (κ3) is 1.73. The predicted octanol–water partition coefficient (Wildman–Crippen LogP) is 2.43.